The molecule has 134 valence electrons. The van der Waals surface area contributed by atoms with Gasteiger partial charge in [0.1, 0.15) is 5.82 Å². The summed E-state index contributed by atoms with van der Waals surface area (Å²) in [6.07, 6.45) is 7.00. The fourth-order valence-corrected chi connectivity index (χ4v) is 3.64. The summed E-state index contributed by atoms with van der Waals surface area (Å²) in [7, 11) is 0. The van der Waals surface area contributed by atoms with E-state index in [2.05, 4.69) is 15.0 Å². The maximum atomic E-state index is 9.89. The molecule has 2 N–H and O–H groups in total. The fraction of sp³-hybridized carbons (Fsp3) is 0.556. The zero-order chi connectivity index (χ0) is 17.2. The Kier molecular flexibility index (Phi) is 4.70. The summed E-state index contributed by atoms with van der Waals surface area (Å²) in [5, 5.41) is 23.9. The second-order valence-corrected chi connectivity index (χ2v) is 6.74. The summed E-state index contributed by atoms with van der Waals surface area (Å²) in [4.78, 5) is 6.68. The molecular weight excluding hydrogens is 320 g/mol. The monoisotopic (exact) mass is 344 g/mol. The Balaban J connectivity index is 1.75. The van der Waals surface area contributed by atoms with Gasteiger partial charge in [0.15, 0.2) is 6.23 Å². The van der Waals surface area contributed by atoms with Crippen LogP contribution in [-0.2, 0) is 11.3 Å². The van der Waals surface area contributed by atoms with Crippen molar-refractivity contribution in [3.63, 3.8) is 0 Å². The molecule has 2 aromatic rings. The second-order valence-electron chi connectivity index (χ2n) is 6.74. The minimum Gasteiger partial charge on any atom is -0.392 e. The standard InChI is InChI=1S/C18H24N4O3/c23-12-13-9-15(18(19-10-13)21-7-5-14(24)11-21)16-4-6-20-22(16)17-3-1-2-8-25-17/h4,6,9-10,14,17,23-24H,1-3,5,7-8,11-12H2. The Hall–Kier alpha value is -1.96. The first kappa shape index (κ1) is 16.5. The van der Waals surface area contributed by atoms with E-state index in [4.69, 9.17) is 4.74 Å². The van der Waals surface area contributed by atoms with Crippen LogP contribution >= 0.6 is 0 Å². The number of ether oxygens (including phenoxy) is 1. The van der Waals surface area contributed by atoms with Gasteiger partial charge in [-0.25, -0.2) is 9.67 Å². The molecule has 2 fully saturated rings. The Labute approximate surface area is 146 Å². The summed E-state index contributed by atoms with van der Waals surface area (Å²) in [6.45, 7) is 2.04. The van der Waals surface area contributed by atoms with E-state index < -0.39 is 0 Å². The van der Waals surface area contributed by atoms with Crippen LogP contribution in [0.1, 0.15) is 37.5 Å². The van der Waals surface area contributed by atoms with Gasteiger partial charge in [-0.15, -0.1) is 0 Å². The highest BCUT2D eigenvalue weighted by atomic mass is 16.5. The molecule has 0 aliphatic carbocycles. The molecule has 0 spiro atoms. The predicted octanol–water partition coefficient (Wildman–Crippen LogP) is 1.71. The lowest BCUT2D eigenvalue weighted by Crippen LogP contribution is -2.24. The van der Waals surface area contributed by atoms with Crippen molar-refractivity contribution in [1.82, 2.24) is 14.8 Å². The molecule has 2 saturated heterocycles. The van der Waals surface area contributed by atoms with Crippen LogP contribution in [0, 0.1) is 0 Å². The van der Waals surface area contributed by atoms with E-state index in [1.807, 2.05) is 16.8 Å². The third kappa shape index (κ3) is 3.27. The second kappa shape index (κ2) is 7.11. The fourth-order valence-electron chi connectivity index (χ4n) is 3.64. The number of β-amino-alcohol motifs (C(OH)–C–C–N with tert-alkyl or cyclic N) is 1. The number of aliphatic hydroxyl groups is 2. The number of nitrogens with zero attached hydrogens (tertiary/aromatic N) is 4. The average Bonchev–Trinajstić information content (AvgIpc) is 3.31. The quantitative estimate of drug-likeness (QED) is 0.878. The van der Waals surface area contributed by atoms with Crippen molar-refractivity contribution >= 4 is 5.82 Å². The first-order chi connectivity index (χ1) is 12.3. The molecule has 2 aromatic heterocycles. The summed E-state index contributed by atoms with van der Waals surface area (Å²) in [6, 6.07) is 3.93. The van der Waals surface area contributed by atoms with Gasteiger partial charge in [-0.2, -0.15) is 5.10 Å². The van der Waals surface area contributed by atoms with E-state index in [9.17, 15) is 10.2 Å². The largest absolute Gasteiger partial charge is 0.392 e. The molecule has 0 aromatic carbocycles. The highest BCUT2D eigenvalue weighted by molar-refractivity contribution is 5.74. The Morgan fingerprint density at radius 3 is 2.92 bits per heavy atom. The van der Waals surface area contributed by atoms with Crippen LogP contribution in [0.3, 0.4) is 0 Å². The molecule has 2 unspecified atom stereocenters. The molecule has 2 aliphatic rings. The molecule has 7 nitrogen and oxygen atoms in total. The van der Waals surface area contributed by atoms with Crippen LogP contribution < -0.4 is 4.90 Å². The summed E-state index contributed by atoms with van der Waals surface area (Å²) in [5.74, 6) is 0.825. The molecule has 4 heterocycles. The van der Waals surface area contributed by atoms with Crippen molar-refractivity contribution in [3.05, 3.63) is 30.1 Å². The molecular formula is C18H24N4O3. The third-order valence-corrected chi connectivity index (χ3v) is 4.94. The summed E-state index contributed by atoms with van der Waals surface area (Å²) < 4.78 is 7.82. The van der Waals surface area contributed by atoms with E-state index in [1.54, 1.807) is 12.4 Å². The molecule has 0 saturated carbocycles. The van der Waals surface area contributed by atoms with Crippen LogP contribution in [0.25, 0.3) is 11.3 Å². The van der Waals surface area contributed by atoms with Gasteiger partial charge in [0, 0.05) is 37.7 Å². The van der Waals surface area contributed by atoms with E-state index in [0.29, 0.717) is 6.54 Å². The van der Waals surface area contributed by atoms with Crippen molar-refractivity contribution in [2.75, 3.05) is 24.6 Å². The predicted molar refractivity (Wildman–Crippen MR) is 93.1 cm³/mol. The highest BCUT2D eigenvalue weighted by Crippen LogP contribution is 2.34. The molecule has 2 atom stereocenters. The minimum absolute atomic E-state index is 0.0586. The van der Waals surface area contributed by atoms with E-state index in [0.717, 1.165) is 61.5 Å². The van der Waals surface area contributed by atoms with Gasteiger partial charge >= 0.3 is 0 Å². The van der Waals surface area contributed by atoms with Gasteiger partial charge in [-0.1, -0.05) is 0 Å². The van der Waals surface area contributed by atoms with Crippen LogP contribution in [-0.4, -0.2) is 50.8 Å². The summed E-state index contributed by atoms with van der Waals surface area (Å²) in [5.41, 5.74) is 2.62. The maximum Gasteiger partial charge on any atom is 0.150 e. The zero-order valence-corrected chi connectivity index (χ0v) is 14.2. The van der Waals surface area contributed by atoms with Gasteiger partial charge in [-0.05, 0) is 43.4 Å². The molecule has 25 heavy (non-hydrogen) atoms. The average molecular weight is 344 g/mol. The number of aliphatic hydroxyl groups excluding tert-OH is 2. The normalized spacial score (nSPS) is 24.0. The number of hydrogen-bond donors (Lipinski definition) is 2. The van der Waals surface area contributed by atoms with E-state index in [-0.39, 0.29) is 18.9 Å². The zero-order valence-electron chi connectivity index (χ0n) is 14.2. The Morgan fingerprint density at radius 2 is 2.20 bits per heavy atom. The Bertz CT molecular complexity index is 727. The van der Waals surface area contributed by atoms with Crippen molar-refractivity contribution in [2.45, 2.75) is 44.6 Å². The van der Waals surface area contributed by atoms with Crippen molar-refractivity contribution < 1.29 is 14.9 Å². The van der Waals surface area contributed by atoms with Crippen LogP contribution in [0.15, 0.2) is 24.5 Å². The van der Waals surface area contributed by atoms with Crippen LogP contribution in [0.4, 0.5) is 5.82 Å². The van der Waals surface area contributed by atoms with Gasteiger partial charge in [0.2, 0.25) is 0 Å². The molecule has 7 heteroatoms. The van der Waals surface area contributed by atoms with E-state index in [1.165, 1.54) is 0 Å². The number of anilines is 1. The first-order valence-electron chi connectivity index (χ1n) is 8.94. The van der Waals surface area contributed by atoms with Crippen LogP contribution in [0.5, 0.6) is 0 Å². The van der Waals surface area contributed by atoms with E-state index >= 15 is 0 Å². The van der Waals surface area contributed by atoms with Gasteiger partial charge < -0.3 is 19.8 Å². The van der Waals surface area contributed by atoms with Gasteiger partial charge in [0.05, 0.1) is 18.4 Å². The lowest BCUT2D eigenvalue weighted by Gasteiger charge is -2.26. The topological polar surface area (TPSA) is 83.6 Å². The molecule has 0 radical (unpaired) electrons. The van der Waals surface area contributed by atoms with Gasteiger partial charge in [0.25, 0.3) is 0 Å². The molecule has 4 rings (SSSR count). The third-order valence-electron chi connectivity index (χ3n) is 4.94. The lowest BCUT2D eigenvalue weighted by atomic mass is 10.1. The lowest BCUT2D eigenvalue weighted by molar-refractivity contribution is -0.0383. The van der Waals surface area contributed by atoms with Gasteiger partial charge in [-0.3, -0.25) is 0 Å². The van der Waals surface area contributed by atoms with Crippen molar-refractivity contribution in [2.24, 2.45) is 0 Å². The molecule has 2 aliphatic heterocycles. The number of rotatable bonds is 4. The van der Waals surface area contributed by atoms with Crippen molar-refractivity contribution in [3.8, 4) is 11.3 Å². The van der Waals surface area contributed by atoms with Crippen molar-refractivity contribution in [1.29, 1.82) is 0 Å². The number of hydrogen-bond acceptors (Lipinski definition) is 6. The smallest absolute Gasteiger partial charge is 0.150 e. The number of pyridine rings is 1. The molecule has 0 bridgehead atoms. The number of aromatic nitrogens is 3. The maximum absolute atomic E-state index is 9.89. The van der Waals surface area contributed by atoms with Crippen LogP contribution in [0.2, 0.25) is 0 Å². The Morgan fingerprint density at radius 1 is 1.28 bits per heavy atom. The molecule has 0 amide bonds. The SMILES string of the molecule is OCc1cnc(N2CCC(O)C2)c(-c2ccnn2C2CCCCO2)c1. The highest BCUT2D eigenvalue weighted by Gasteiger charge is 2.27. The summed E-state index contributed by atoms with van der Waals surface area (Å²) >= 11 is 0. The minimum atomic E-state index is -0.321. The first-order valence-corrected chi connectivity index (χ1v) is 8.94.